The number of hydrogen-bond acceptors (Lipinski definition) is 2. The minimum atomic E-state index is -0.0757. The summed E-state index contributed by atoms with van der Waals surface area (Å²) < 4.78 is 0. The highest BCUT2D eigenvalue weighted by molar-refractivity contribution is 7.80. The van der Waals surface area contributed by atoms with Gasteiger partial charge in [-0.15, -0.1) is 0 Å². The van der Waals surface area contributed by atoms with Gasteiger partial charge in [0, 0.05) is 5.25 Å². The molecule has 25 heavy (non-hydrogen) atoms. The lowest BCUT2D eigenvalue weighted by molar-refractivity contribution is 0.422. The summed E-state index contributed by atoms with van der Waals surface area (Å²) in [6, 6.07) is 4.36. The van der Waals surface area contributed by atoms with E-state index in [9.17, 15) is 5.11 Å². The van der Waals surface area contributed by atoms with Crippen LogP contribution in [0.15, 0.2) is 12.1 Å². The molecule has 0 fully saturated rings. The van der Waals surface area contributed by atoms with Crippen molar-refractivity contribution in [1.82, 2.24) is 0 Å². The molecule has 0 spiro atoms. The highest BCUT2D eigenvalue weighted by Crippen LogP contribution is 2.42. The molecule has 1 aromatic rings. The van der Waals surface area contributed by atoms with Crippen LogP contribution in [0.5, 0.6) is 5.75 Å². The van der Waals surface area contributed by atoms with Crippen LogP contribution in [0.3, 0.4) is 0 Å². The Labute approximate surface area is 162 Å². The third-order valence-electron chi connectivity index (χ3n) is 4.96. The van der Waals surface area contributed by atoms with Gasteiger partial charge in [-0.25, -0.2) is 0 Å². The molecule has 0 saturated heterocycles. The molecule has 0 saturated carbocycles. The summed E-state index contributed by atoms with van der Waals surface area (Å²) in [5, 5.41) is 11.1. The van der Waals surface area contributed by atoms with Crippen LogP contribution in [0.4, 0.5) is 0 Å². The fourth-order valence-corrected chi connectivity index (χ4v) is 3.61. The van der Waals surface area contributed by atoms with Gasteiger partial charge in [0.1, 0.15) is 5.75 Å². The molecular weight excluding hydrogens is 324 g/mol. The highest BCUT2D eigenvalue weighted by Gasteiger charge is 2.27. The molecule has 2 heteroatoms. The predicted octanol–water partition coefficient (Wildman–Crippen LogP) is 7.71. The van der Waals surface area contributed by atoms with Gasteiger partial charge < -0.3 is 5.11 Å². The Bertz CT molecular complexity index is 499. The molecule has 1 atom stereocenters. The zero-order valence-electron chi connectivity index (χ0n) is 17.6. The van der Waals surface area contributed by atoms with Gasteiger partial charge in [-0.05, 0) is 33.9 Å². The van der Waals surface area contributed by atoms with Crippen LogP contribution in [-0.2, 0) is 10.8 Å². The second-order valence-electron chi connectivity index (χ2n) is 9.54. The van der Waals surface area contributed by atoms with Gasteiger partial charge in [-0.3, -0.25) is 0 Å². The van der Waals surface area contributed by atoms with E-state index in [1.54, 1.807) is 0 Å². The fourth-order valence-electron chi connectivity index (χ4n) is 3.28. The number of phenols is 1. The van der Waals surface area contributed by atoms with E-state index in [1.807, 2.05) is 0 Å². The van der Waals surface area contributed by atoms with Gasteiger partial charge in [0.2, 0.25) is 0 Å². The molecule has 0 bridgehead atoms. The van der Waals surface area contributed by atoms with Crippen molar-refractivity contribution in [1.29, 1.82) is 0 Å². The Balaban J connectivity index is 2.95. The van der Waals surface area contributed by atoms with E-state index in [-0.39, 0.29) is 16.1 Å². The van der Waals surface area contributed by atoms with Gasteiger partial charge in [-0.1, -0.05) is 99.1 Å². The third kappa shape index (κ3) is 6.89. The first-order valence-electron chi connectivity index (χ1n) is 10.0. The van der Waals surface area contributed by atoms with E-state index < -0.39 is 0 Å². The molecule has 1 aromatic carbocycles. The molecule has 1 nitrogen and oxygen atoms in total. The van der Waals surface area contributed by atoms with Crippen molar-refractivity contribution in [3.63, 3.8) is 0 Å². The average molecular weight is 365 g/mol. The Morgan fingerprint density at radius 3 is 1.72 bits per heavy atom. The minimum absolute atomic E-state index is 0.0757. The second-order valence-corrected chi connectivity index (χ2v) is 10.2. The number of hydrogen-bond donors (Lipinski definition) is 2. The standard InChI is InChI=1S/C23H40OS/c1-8-9-10-11-12-13-14-20(25)17-15-18(22(2,3)4)21(24)19(16-17)23(5,6)7/h15-16,20,24-25H,8-14H2,1-7H3. The maximum Gasteiger partial charge on any atom is 0.123 e. The second kappa shape index (κ2) is 9.35. The van der Waals surface area contributed by atoms with Crippen LogP contribution in [-0.4, -0.2) is 5.11 Å². The molecule has 1 rings (SSSR count). The Morgan fingerprint density at radius 2 is 1.28 bits per heavy atom. The highest BCUT2D eigenvalue weighted by atomic mass is 32.1. The summed E-state index contributed by atoms with van der Waals surface area (Å²) in [6.45, 7) is 15.3. The van der Waals surface area contributed by atoms with Gasteiger partial charge in [0.05, 0.1) is 0 Å². The number of thiol groups is 1. The molecule has 1 N–H and O–H groups in total. The van der Waals surface area contributed by atoms with Crippen LogP contribution >= 0.6 is 12.6 Å². The predicted molar refractivity (Wildman–Crippen MR) is 115 cm³/mol. The summed E-state index contributed by atoms with van der Waals surface area (Å²) in [5.41, 5.74) is 3.18. The Hall–Kier alpha value is -0.630. The van der Waals surface area contributed by atoms with Gasteiger partial charge in [0.15, 0.2) is 0 Å². The first kappa shape index (κ1) is 22.4. The van der Waals surface area contributed by atoms with Crippen LogP contribution in [0.1, 0.15) is 115 Å². The SMILES string of the molecule is CCCCCCCCC(S)c1cc(C(C)(C)C)c(O)c(C(C)(C)C)c1. The molecule has 0 radical (unpaired) electrons. The van der Waals surface area contributed by atoms with E-state index >= 15 is 0 Å². The molecule has 0 aromatic heterocycles. The molecule has 1 unspecified atom stereocenters. The van der Waals surface area contributed by atoms with Crippen molar-refractivity contribution in [2.45, 2.75) is 109 Å². The largest absolute Gasteiger partial charge is 0.507 e. The summed E-state index contributed by atoms with van der Waals surface area (Å²) >= 11 is 4.90. The molecule has 144 valence electrons. The van der Waals surface area contributed by atoms with Crippen LogP contribution < -0.4 is 0 Å². The molecule has 0 aliphatic heterocycles. The van der Waals surface area contributed by atoms with Crippen molar-refractivity contribution < 1.29 is 5.11 Å². The van der Waals surface area contributed by atoms with Crippen molar-refractivity contribution >= 4 is 12.6 Å². The maximum atomic E-state index is 10.8. The lowest BCUT2D eigenvalue weighted by Gasteiger charge is -2.29. The average Bonchev–Trinajstić information content (AvgIpc) is 2.48. The number of unbranched alkanes of at least 4 members (excludes halogenated alkanes) is 5. The van der Waals surface area contributed by atoms with E-state index in [1.165, 1.54) is 44.1 Å². The third-order valence-corrected chi connectivity index (χ3v) is 5.52. The smallest absolute Gasteiger partial charge is 0.123 e. The zero-order chi connectivity index (χ0) is 19.3. The number of aromatic hydroxyl groups is 1. The fraction of sp³-hybridized carbons (Fsp3) is 0.739. The van der Waals surface area contributed by atoms with E-state index in [0.717, 1.165) is 17.5 Å². The molecule has 0 aliphatic carbocycles. The first-order chi connectivity index (χ1) is 11.5. The van der Waals surface area contributed by atoms with E-state index in [2.05, 4.69) is 60.6 Å². The zero-order valence-corrected chi connectivity index (χ0v) is 18.5. The van der Waals surface area contributed by atoms with Gasteiger partial charge in [0.25, 0.3) is 0 Å². The van der Waals surface area contributed by atoms with Gasteiger partial charge >= 0.3 is 0 Å². The Morgan fingerprint density at radius 1 is 0.840 bits per heavy atom. The van der Waals surface area contributed by atoms with E-state index in [0.29, 0.717) is 5.75 Å². The molecular formula is C23H40OS. The summed E-state index contributed by atoms with van der Waals surface area (Å²) in [5.74, 6) is 0.462. The quantitative estimate of drug-likeness (QED) is 0.357. The van der Waals surface area contributed by atoms with Crippen molar-refractivity contribution in [3.05, 3.63) is 28.8 Å². The molecule has 0 heterocycles. The van der Waals surface area contributed by atoms with Crippen LogP contribution in [0, 0.1) is 0 Å². The van der Waals surface area contributed by atoms with Crippen LogP contribution in [0.2, 0.25) is 0 Å². The van der Waals surface area contributed by atoms with Gasteiger partial charge in [-0.2, -0.15) is 12.6 Å². The van der Waals surface area contributed by atoms with E-state index in [4.69, 9.17) is 12.6 Å². The van der Waals surface area contributed by atoms with Crippen LogP contribution in [0.25, 0.3) is 0 Å². The number of benzene rings is 1. The monoisotopic (exact) mass is 364 g/mol. The number of phenolic OH excluding ortho intramolecular Hbond substituents is 1. The van der Waals surface area contributed by atoms with Crippen molar-refractivity contribution in [3.8, 4) is 5.75 Å². The minimum Gasteiger partial charge on any atom is -0.507 e. The summed E-state index contributed by atoms with van der Waals surface area (Å²) in [4.78, 5) is 0. The van der Waals surface area contributed by atoms with Crippen molar-refractivity contribution in [2.75, 3.05) is 0 Å². The lowest BCUT2D eigenvalue weighted by atomic mass is 9.78. The molecule has 0 aliphatic rings. The topological polar surface area (TPSA) is 20.2 Å². The van der Waals surface area contributed by atoms with Crippen molar-refractivity contribution in [2.24, 2.45) is 0 Å². The first-order valence-corrected chi connectivity index (χ1v) is 10.6. The maximum absolute atomic E-state index is 10.8. The summed E-state index contributed by atoms with van der Waals surface area (Å²) in [7, 11) is 0. The summed E-state index contributed by atoms with van der Waals surface area (Å²) in [6.07, 6.45) is 8.98. The lowest BCUT2D eigenvalue weighted by Crippen LogP contribution is -2.18. The Kier molecular flexibility index (Phi) is 8.38. The normalized spacial score (nSPS) is 13.9. The number of rotatable bonds is 8. The molecule has 0 amide bonds.